The minimum atomic E-state index is -2.61. The molecule has 1 N–H and O–H groups in total. The van der Waals surface area contributed by atoms with E-state index in [0.29, 0.717) is 71.1 Å². The van der Waals surface area contributed by atoms with Crippen molar-refractivity contribution in [2.75, 3.05) is 34.4 Å². The van der Waals surface area contributed by atoms with Crippen LogP contribution in [0.5, 0.6) is 17.4 Å². The fraction of sp³-hybridized carbons (Fsp3) is 0.370. The Labute approximate surface area is 239 Å². The van der Waals surface area contributed by atoms with Gasteiger partial charge in [-0.1, -0.05) is 12.1 Å². The molecule has 41 heavy (non-hydrogen) atoms. The first kappa shape index (κ1) is 28.4. The molecule has 0 aliphatic carbocycles. The van der Waals surface area contributed by atoms with Crippen LogP contribution in [0.15, 0.2) is 42.6 Å². The van der Waals surface area contributed by atoms with E-state index < -0.39 is 17.3 Å². The van der Waals surface area contributed by atoms with Crippen molar-refractivity contribution in [3.8, 4) is 34.6 Å². The molecule has 3 atom stereocenters. The largest absolute Gasteiger partial charge is 0.760 e. The van der Waals surface area contributed by atoms with Gasteiger partial charge in [-0.25, -0.2) is 24.7 Å². The first-order valence-corrected chi connectivity index (χ1v) is 14.1. The van der Waals surface area contributed by atoms with Gasteiger partial charge in [-0.2, -0.15) is 0 Å². The van der Waals surface area contributed by atoms with E-state index in [1.807, 2.05) is 13.0 Å². The monoisotopic (exact) mass is 580 g/mol. The molecule has 1 saturated heterocycles. The number of fused-ring (bicyclic) bond motifs is 1. The van der Waals surface area contributed by atoms with Crippen LogP contribution in [-0.4, -0.2) is 78.5 Å². The maximum atomic E-state index is 12.5. The summed E-state index contributed by atoms with van der Waals surface area (Å²) in [4.78, 5) is 33.0. The van der Waals surface area contributed by atoms with E-state index >= 15 is 0 Å². The van der Waals surface area contributed by atoms with Crippen LogP contribution in [0.3, 0.4) is 0 Å². The maximum absolute atomic E-state index is 12.5. The lowest BCUT2D eigenvalue weighted by Crippen LogP contribution is -2.41. The van der Waals surface area contributed by atoms with E-state index in [1.54, 1.807) is 61.1 Å². The molecule has 4 heterocycles. The van der Waals surface area contributed by atoms with Gasteiger partial charge in [-0.05, 0) is 37.5 Å². The number of amides is 1. The number of nitrogens with one attached hydrogen (secondary N) is 1. The number of para-hydroxylation sites is 1. The van der Waals surface area contributed by atoms with Crippen molar-refractivity contribution in [1.82, 2.24) is 34.1 Å². The fourth-order valence-corrected chi connectivity index (χ4v) is 5.49. The molecule has 4 aromatic rings. The summed E-state index contributed by atoms with van der Waals surface area (Å²) in [5.74, 6) is 1.40. The van der Waals surface area contributed by atoms with Crippen molar-refractivity contribution in [3.05, 3.63) is 48.3 Å². The fourth-order valence-electron chi connectivity index (χ4n) is 4.97. The molecular weight excluding hydrogens is 550 g/mol. The number of carbonyl (C=O) groups is 1. The molecule has 0 saturated carbocycles. The summed E-state index contributed by atoms with van der Waals surface area (Å²) in [6.45, 7) is 2.82. The molecule has 1 aliphatic heterocycles. The molecule has 13 nitrogen and oxygen atoms in total. The molecule has 3 aromatic heterocycles. The lowest BCUT2D eigenvalue weighted by Gasteiger charge is -2.34. The quantitative estimate of drug-likeness (QED) is 0.277. The zero-order chi connectivity index (χ0) is 29.1. The van der Waals surface area contributed by atoms with Crippen molar-refractivity contribution >= 4 is 28.5 Å². The molecule has 0 spiro atoms. The van der Waals surface area contributed by atoms with Crippen molar-refractivity contribution in [2.24, 2.45) is 5.92 Å². The number of nitrogens with zero attached hydrogens (tertiary/aromatic N) is 6. The highest BCUT2D eigenvalue weighted by atomic mass is 32.2. The van der Waals surface area contributed by atoms with Crippen LogP contribution < -0.4 is 18.9 Å². The van der Waals surface area contributed by atoms with Gasteiger partial charge in [0.1, 0.15) is 22.9 Å². The second kappa shape index (κ2) is 12.2. The summed E-state index contributed by atoms with van der Waals surface area (Å²) in [5, 5.41) is 0. The Morgan fingerprint density at radius 3 is 2.51 bits per heavy atom. The van der Waals surface area contributed by atoms with E-state index in [2.05, 4.69) is 14.7 Å². The van der Waals surface area contributed by atoms with Gasteiger partial charge in [0.15, 0.2) is 17.1 Å². The number of imidazole rings is 1. The van der Waals surface area contributed by atoms with Gasteiger partial charge in [-0.15, -0.1) is 0 Å². The minimum Gasteiger partial charge on any atom is -0.760 e. The number of likely N-dealkylation sites (tertiary alicyclic amines) is 1. The van der Waals surface area contributed by atoms with Gasteiger partial charge in [0.05, 0.1) is 38.8 Å². The summed E-state index contributed by atoms with van der Waals surface area (Å²) in [6, 6.07) is 9.93. The lowest BCUT2D eigenvalue weighted by molar-refractivity contribution is -0.133. The summed E-state index contributed by atoms with van der Waals surface area (Å²) in [6.07, 6.45) is 2.25. The Kier molecular flexibility index (Phi) is 8.42. The molecular formula is C27H30N7O6S-. The van der Waals surface area contributed by atoms with Gasteiger partial charge in [0, 0.05) is 37.3 Å². The third kappa shape index (κ3) is 5.71. The molecule has 216 valence electrons. The first-order valence-electron chi connectivity index (χ1n) is 13.0. The van der Waals surface area contributed by atoms with E-state index in [1.165, 1.54) is 6.20 Å². The van der Waals surface area contributed by atoms with Crippen molar-refractivity contribution < 1.29 is 27.8 Å². The molecule has 0 radical (unpaired) electrons. The van der Waals surface area contributed by atoms with Crippen LogP contribution in [-0.2, 0) is 16.1 Å². The number of benzene rings is 1. The predicted molar refractivity (Wildman–Crippen MR) is 149 cm³/mol. The standard InChI is InChI=1S/C27H31N7O6S/c1-5-40-21-11-6-8-17(29-21)26-31-25-27(34(26)24-19(38-3)9-7-10-20(24)39-4)30-18(15-28-25)23(32-41(36)37)16-12-13-33(2)22(35)14-16/h6-11,15-16,23,32H,5,12-14H2,1-4H3,(H,36,37)/p-1/t16-,23-/m0/s1. The smallest absolute Gasteiger partial charge is 0.222 e. The Morgan fingerprint density at radius 1 is 1.12 bits per heavy atom. The third-order valence-electron chi connectivity index (χ3n) is 6.97. The average Bonchev–Trinajstić information content (AvgIpc) is 3.35. The molecule has 1 amide bonds. The number of hydrogen-bond donors (Lipinski definition) is 1. The Hall–Kier alpha value is -4.14. The number of pyridine rings is 1. The number of hydrogen-bond acceptors (Lipinski definition) is 10. The summed E-state index contributed by atoms with van der Waals surface area (Å²) in [7, 11) is 4.82. The Balaban J connectivity index is 1.75. The molecule has 14 heteroatoms. The molecule has 1 unspecified atom stereocenters. The Bertz CT molecular complexity index is 1570. The summed E-state index contributed by atoms with van der Waals surface area (Å²) in [5.41, 5.74) is 1.97. The van der Waals surface area contributed by atoms with Crippen molar-refractivity contribution in [1.29, 1.82) is 0 Å². The topological polar surface area (TPSA) is 157 Å². The summed E-state index contributed by atoms with van der Waals surface area (Å²) >= 11 is -2.61. The lowest BCUT2D eigenvalue weighted by atomic mass is 9.88. The number of aromatic nitrogens is 5. The van der Waals surface area contributed by atoms with Crippen molar-refractivity contribution in [2.45, 2.75) is 25.8 Å². The van der Waals surface area contributed by atoms with Crippen LogP contribution in [0.2, 0.25) is 0 Å². The van der Waals surface area contributed by atoms with E-state index in [4.69, 9.17) is 24.2 Å². The van der Waals surface area contributed by atoms with Gasteiger partial charge in [0.25, 0.3) is 0 Å². The zero-order valence-corrected chi connectivity index (χ0v) is 23.9. The molecule has 5 rings (SSSR count). The predicted octanol–water partition coefficient (Wildman–Crippen LogP) is 2.59. The molecule has 1 fully saturated rings. The molecule has 1 aromatic carbocycles. The number of rotatable bonds is 10. The SMILES string of the molecule is CCOc1cccc(-c2nc3ncc([C@@H](NS(=O)[O-])[C@H]4CCN(C)C(=O)C4)nc3n2-c2c(OC)cccc2OC)n1. The first-order chi connectivity index (χ1) is 19.8. The van der Waals surface area contributed by atoms with Crippen LogP contribution in [0, 0.1) is 5.92 Å². The van der Waals surface area contributed by atoms with Crippen LogP contribution in [0.25, 0.3) is 28.5 Å². The van der Waals surface area contributed by atoms with Crippen LogP contribution >= 0.6 is 0 Å². The van der Waals surface area contributed by atoms with E-state index in [9.17, 15) is 13.6 Å². The third-order valence-corrected chi connectivity index (χ3v) is 7.42. The maximum Gasteiger partial charge on any atom is 0.222 e. The average molecular weight is 581 g/mol. The second-order valence-corrected chi connectivity index (χ2v) is 10.1. The highest BCUT2D eigenvalue weighted by Gasteiger charge is 2.33. The highest BCUT2D eigenvalue weighted by molar-refractivity contribution is 7.77. The molecule has 1 aliphatic rings. The van der Waals surface area contributed by atoms with Gasteiger partial charge >= 0.3 is 0 Å². The summed E-state index contributed by atoms with van der Waals surface area (Å²) < 4.78 is 45.0. The minimum absolute atomic E-state index is 0.0647. The second-order valence-electron chi connectivity index (χ2n) is 9.42. The van der Waals surface area contributed by atoms with E-state index in [0.717, 1.165) is 0 Å². The van der Waals surface area contributed by atoms with Gasteiger partial charge in [-0.3, -0.25) is 13.6 Å². The Morgan fingerprint density at radius 2 is 1.85 bits per heavy atom. The number of methoxy groups -OCH3 is 2. The van der Waals surface area contributed by atoms with Crippen molar-refractivity contribution in [3.63, 3.8) is 0 Å². The number of ether oxygens (including phenoxy) is 3. The van der Waals surface area contributed by atoms with E-state index in [-0.39, 0.29) is 18.2 Å². The molecule has 0 bridgehead atoms. The van der Waals surface area contributed by atoms with Gasteiger partial charge in [0.2, 0.25) is 11.8 Å². The van der Waals surface area contributed by atoms with Crippen LogP contribution in [0.1, 0.15) is 31.5 Å². The van der Waals surface area contributed by atoms with Crippen LogP contribution in [0.4, 0.5) is 0 Å². The highest BCUT2D eigenvalue weighted by Crippen LogP contribution is 2.38. The number of piperidine rings is 1. The normalized spacial score (nSPS) is 17.0. The van der Waals surface area contributed by atoms with Gasteiger partial charge < -0.3 is 23.7 Å². The number of carbonyl (C=O) groups excluding carboxylic acids is 1. The zero-order valence-electron chi connectivity index (χ0n) is 23.1.